The van der Waals surface area contributed by atoms with E-state index in [0.717, 1.165) is 50.9 Å². The van der Waals surface area contributed by atoms with Gasteiger partial charge in [0.1, 0.15) is 4.83 Å². The maximum Gasteiger partial charge on any atom is 0.261 e. The Kier molecular flexibility index (Phi) is 5.21. The molecular weight excluding hydrogens is 380 g/mol. The van der Waals surface area contributed by atoms with Gasteiger partial charge in [-0.05, 0) is 43.5 Å². The van der Waals surface area contributed by atoms with E-state index in [1.165, 1.54) is 11.3 Å². The lowest BCUT2D eigenvalue weighted by Gasteiger charge is -2.30. The van der Waals surface area contributed by atoms with Gasteiger partial charge >= 0.3 is 0 Å². The first kappa shape index (κ1) is 18.5. The van der Waals surface area contributed by atoms with Gasteiger partial charge in [0.25, 0.3) is 5.91 Å². The Labute approximate surface area is 167 Å². The largest absolute Gasteiger partial charge is 0.347 e. The van der Waals surface area contributed by atoms with Crippen molar-refractivity contribution in [3.63, 3.8) is 0 Å². The zero-order chi connectivity index (χ0) is 19.0. The van der Waals surface area contributed by atoms with E-state index in [9.17, 15) is 4.79 Å². The number of amides is 1. The summed E-state index contributed by atoms with van der Waals surface area (Å²) < 4.78 is 1.94. The van der Waals surface area contributed by atoms with Gasteiger partial charge in [0.05, 0.1) is 17.1 Å². The highest BCUT2D eigenvalue weighted by Crippen LogP contribution is 2.30. The molecule has 2 atom stereocenters. The fourth-order valence-corrected chi connectivity index (χ4v) is 4.80. The summed E-state index contributed by atoms with van der Waals surface area (Å²) >= 11 is 7.79. The van der Waals surface area contributed by atoms with Crippen molar-refractivity contribution in [2.45, 2.75) is 32.9 Å². The third-order valence-corrected chi connectivity index (χ3v) is 6.77. The molecule has 7 heteroatoms. The molecule has 1 amide bonds. The summed E-state index contributed by atoms with van der Waals surface area (Å²) in [5.41, 5.74) is 1.95. The third kappa shape index (κ3) is 3.74. The second kappa shape index (κ2) is 7.62. The standard InChI is InChI=1S/C20H23ClN4OS/c1-12-7-8-22-10-17(12)23-19(26)18-9-15-13(2)24-25(20(15)27-18)11-14-5-3-4-6-16(14)21/h3-6,9,12,17,22H,7-8,10-11H2,1-2H3,(H,23,26)/t12-,17-/m1/s1. The van der Waals surface area contributed by atoms with Gasteiger partial charge in [0, 0.05) is 23.0 Å². The van der Waals surface area contributed by atoms with E-state index in [1.54, 1.807) is 0 Å². The van der Waals surface area contributed by atoms with Gasteiger partial charge < -0.3 is 10.6 Å². The van der Waals surface area contributed by atoms with Crippen LogP contribution in [0.15, 0.2) is 30.3 Å². The van der Waals surface area contributed by atoms with E-state index in [2.05, 4.69) is 22.7 Å². The number of fused-ring (bicyclic) bond motifs is 1. The lowest BCUT2D eigenvalue weighted by molar-refractivity contribution is 0.0919. The monoisotopic (exact) mass is 402 g/mol. The summed E-state index contributed by atoms with van der Waals surface area (Å²) in [5, 5.41) is 13.0. The number of nitrogens with one attached hydrogen (secondary N) is 2. The molecule has 2 N–H and O–H groups in total. The van der Waals surface area contributed by atoms with Crippen molar-refractivity contribution in [3.05, 3.63) is 51.5 Å². The first-order chi connectivity index (χ1) is 13.0. The number of hydrogen-bond donors (Lipinski definition) is 2. The Morgan fingerprint density at radius 1 is 1.44 bits per heavy atom. The quantitative estimate of drug-likeness (QED) is 0.697. The maximum absolute atomic E-state index is 12.8. The third-order valence-electron chi connectivity index (χ3n) is 5.25. The number of hydrogen-bond acceptors (Lipinski definition) is 4. The SMILES string of the molecule is Cc1nn(Cc2ccccc2Cl)c2sc(C(=O)N[C@@H]3CNCC[C@H]3C)cc12. The summed E-state index contributed by atoms with van der Waals surface area (Å²) in [6.45, 7) is 6.62. The van der Waals surface area contributed by atoms with E-state index in [1.807, 2.05) is 41.9 Å². The Balaban J connectivity index is 1.59. The highest BCUT2D eigenvalue weighted by atomic mass is 35.5. The molecule has 5 nitrogen and oxygen atoms in total. The molecule has 1 aliphatic heterocycles. The number of aromatic nitrogens is 2. The van der Waals surface area contributed by atoms with Crippen LogP contribution in [0.25, 0.3) is 10.2 Å². The number of aryl methyl sites for hydroxylation is 1. The fraction of sp³-hybridized carbons (Fsp3) is 0.400. The molecular formula is C20H23ClN4OS. The van der Waals surface area contributed by atoms with Crippen LogP contribution in [0, 0.1) is 12.8 Å². The van der Waals surface area contributed by atoms with Crippen LogP contribution in [0.1, 0.15) is 34.3 Å². The van der Waals surface area contributed by atoms with Gasteiger partial charge in [0.15, 0.2) is 0 Å². The van der Waals surface area contributed by atoms with Crippen molar-refractivity contribution in [3.8, 4) is 0 Å². The molecule has 0 aliphatic carbocycles. The van der Waals surface area contributed by atoms with Crippen LogP contribution < -0.4 is 10.6 Å². The molecule has 3 heterocycles. The molecule has 1 saturated heterocycles. The summed E-state index contributed by atoms with van der Waals surface area (Å²) in [6, 6.07) is 9.92. The molecule has 1 aliphatic rings. The fourth-order valence-electron chi connectivity index (χ4n) is 3.54. The van der Waals surface area contributed by atoms with E-state index < -0.39 is 0 Å². The lowest BCUT2D eigenvalue weighted by atomic mass is 9.95. The molecule has 27 heavy (non-hydrogen) atoms. The van der Waals surface area contributed by atoms with Crippen LogP contribution in [0.2, 0.25) is 5.02 Å². The Morgan fingerprint density at radius 3 is 3.04 bits per heavy atom. The van der Waals surface area contributed by atoms with Crippen LogP contribution in [0.5, 0.6) is 0 Å². The van der Waals surface area contributed by atoms with E-state index in [-0.39, 0.29) is 11.9 Å². The first-order valence-electron chi connectivity index (χ1n) is 9.25. The molecule has 0 spiro atoms. The average Bonchev–Trinajstić information content (AvgIpc) is 3.21. The first-order valence-corrected chi connectivity index (χ1v) is 10.4. The summed E-state index contributed by atoms with van der Waals surface area (Å²) in [7, 11) is 0. The Hall–Kier alpha value is -1.89. The molecule has 0 saturated carbocycles. The van der Waals surface area contributed by atoms with E-state index in [0.29, 0.717) is 12.5 Å². The van der Waals surface area contributed by atoms with Crippen LogP contribution in [-0.4, -0.2) is 34.8 Å². The van der Waals surface area contributed by atoms with Gasteiger partial charge in [-0.3, -0.25) is 9.48 Å². The Morgan fingerprint density at radius 2 is 2.26 bits per heavy atom. The number of thiophene rings is 1. The normalized spacial score (nSPS) is 20.1. The number of piperidine rings is 1. The lowest BCUT2D eigenvalue weighted by Crippen LogP contribution is -2.50. The van der Waals surface area contributed by atoms with Gasteiger partial charge in [-0.25, -0.2) is 0 Å². The number of benzene rings is 1. The van der Waals surface area contributed by atoms with Crippen molar-refractivity contribution in [2.24, 2.45) is 5.92 Å². The molecule has 1 fully saturated rings. The van der Waals surface area contributed by atoms with Crippen LogP contribution in [0.3, 0.4) is 0 Å². The summed E-state index contributed by atoms with van der Waals surface area (Å²) in [4.78, 5) is 14.5. The smallest absolute Gasteiger partial charge is 0.261 e. The second-order valence-electron chi connectivity index (χ2n) is 7.21. The van der Waals surface area contributed by atoms with Crippen molar-refractivity contribution in [1.82, 2.24) is 20.4 Å². The zero-order valence-corrected chi connectivity index (χ0v) is 17.0. The topological polar surface area (TPSA) is 59.0 Å². The van der Waals surface area contributed by atoms with Crippen molar-refractivity contribution in [1.29, 1.82) is 0 Å². The average molecular weight is 403 g/mol. The molecule has 2 aromatic heterocycles. The van der Waals surface area contributed by atoms with Gasteiger partial charge in [-0.15, -0.1) is 11.3 Å². The summed E-state index contributed by atoms with van der Waals surface area (Å²) in [6.07, 6.45) is 1.09. The maximum atomic E-state index is 12.8. The van der Waals surface area contributed by atoms with E-state index in [4.69, 9.17) is 11.6 Å². The van der Waals surface area contributed by atoms with Gasteiger partial charge in [0.2, 0.25) is 0 Å². The predicted octanol–water partition coefficient (Wildman–Crippen LogP) is 3.84. The minimum atomic E-state index is 0.000411. The minimum Gasteiger partial charge on any atom is -0.347 e. The number of carbonyl (C=O) groups is 1. The molecule has 0 radical (unpaired) electrons. The van der Waals surface area contributed by atoms with Gasteiger partial charge in [-0.2, -0.15) is 5.10 Å². The zero-order valence-electron chi connectivity index (χ0n) is 15.5. The Bertz CT molecular complexity index is 980. The number of nitrogens with zero attached hydrogens (tertiary/aromatic N) is 2. The van der Waals surface area contributed by atoms with Gasteiger partial charge in [-0.1, -0.05) is 36.7 Å². The number of carbonyl (C=O) groups excluding carboxylic acids is 1. The van der Waals surface area contributed by atoms with Crippen LogP contribution >= 0.6 is 22.9 Å². The predicted molar refractivity (Wildman–Crippen MR) is 111 cm³/mol. The molecule has 142 valence electrons. The molecule has 3 aromatic rings. The minimum absolute atomic E-state index is 0.000411. The molecule has 1 aromatic carbocycles. The van der Waals surface area contributed by atoms with E-state index >= 15 is 0 Å². The summed E-state index contributed by atoms with van der Waals surface area (Å²) in [5.74, 6) is 0.488. The number of rotatable bonds is 4. The highest BCUT2D eigenvalue weighted by Gasteiger charge is 2.24. The highest BCUT2D eigenvalue weighted by molar-refractivity contribution is 7.20. The van der Waals surface area contributed by atoms with Crippen molar-refractivity contribution >= 4 is 39.1 Å². The molecule has 4 rings (SSSR count). The van der Waals surface area contributed by atoms with Crippen molar-refractivity contribution in [2.75, 3.05) is 13.1 Å². The molecule has 0 unspecified atom stereocenters. The number of halogens is 1. The van der Waals surface area contributed by atoms with Crippen LogP contribution in [0.4, 0.5) is 0 Å². The van der Waals surface area contributed by atoms with Crippen LogP contribution in [-0.2, 0) is 6.54 Å². The second-order valence-corrected chi connectivity index (χ2v) is 8.65. The van der Waals surface area contributed by atoms with Crippen molar-refractivity contribution < 1.29 is 4.79 Å². The molecule has 0 bridgehead atoms.